The maximum atomic E-state index is 12.5. The molecule has 0 aromatic carbocycles. The highest BCUT2D eigenvalue weighted by Gasteiger charge is 2.35. The Kier molecular flexibility index (Phi) is 4.82. The molecule has 0 spiro atoms. The van der Waals surface area contributed by atoms with Crippen LogP contribution in [-0.4, -0.2) is 68.9 Å². The van der Waals surface area contributed by atoms with Crippen molar-refractivity contribution in [3.63, 3.8) is 0 Å². The largest absolute Gasteiger partial charge is 0.435 e. The van der Waals surface area contributed by atoms with Crippen molar-refractivity contribution in [3.8, 4) is 0 Å². The Morgan fingerprint density at radius 1 is 1.25 bits per heavy atom. The molecule has 24 heavy (non-hydrogen) atoms. The van der Waals surface area contributed by atoms with Gasteiger partial charge in [-0.05, 0) is 25.3 Å². The Hall–Kier alpha value is -1.61. The molecule has 134 valence electrons. The quantitative estimate of drug-likeness (QED) is 0.886. The molecule has 0 radical (unpaired) electrons. The van der Waals surface area contributed by atoms with Crippen LogP contribution in [0.15, 0.2) is 12.3 Å². The molecular formula is C15H21F3N4O2. The van der Waals surface area contributed by atoms with Crippen LogP contribution in [0, 0.1) is 0 Å². The first-order chi connectivity index (χ1) is 11.3. The Labute approximate surface area is 137 Å². The molecule has 1 saturated carbocycles. The van der Waals surface area contributed by atoms with Gasteiger partial charge in [-0.3, -0.25) is 14.4 Å². The fourth-order valence-electron chi connectivity index (χ4n) is 3.49. The van der Waals surface area contributed by atoms with Crippen molar-refractivity contribution in [1.82, 2.24) is 19.6 Å². The standard InChI is InChI=1S/C15H21F3N4O2/c16-15(17,18)13-4-5-22(19-13)10-14(24)21-8-6-20(7-9-21)11-2-1-3-12(11)23/h4-5,11-12,23H,1-3,6-10H2. The topological polar surface area (TPSA) is 61.6 Å². The van der Waals surface area contributed by atoms with Crippen molar-refractivity contribution >= 4 is 5.91 Å². The van der Waals surface area contributed by atoms with E-state index in [1.54, 1.807) is 4.90 Å². The van der Waals surface area contributed by atoms with Crippen LogP contribution < -0.4 is 0 Å². The molecule has 2 atom stereocenters. The summed E-state index contributed by atoms with van der Waals surface area (Å²) in [5, 5.41) is 13.4. The van der Waals surface area contributed by atoms with Crippen LogP contribution in [0.5, 0.6) is 0 Å². The molecule has 6 nitrogen and oxygen atoms in total. The van der Waals surface area contributed by atoms with E-state index in [2.05, 4.69) is 10.00 Å². The smallest absolute Gasteiger partial charge is 0.391 e. The van der Waals surface area contributed by atoms with E-state index >= 15 is 0 Å². The number of halogens is 3. The Morgan fingerprint density at radius 2 is 1.96 bits per heavy atom. The lowest BCUT2D eigenvalue weighted by Crippen LogP contribution is -2.54. The minimum Gasteiger partial charge on any atom is -0.391 e. The third-order valence-corrected chi connectivity index (χ3v) is 4.81. The van der Waals surface area contributed by atoms with Crippen LogP contribution >= 0.6 is 0 Å². The summed E-state index contributed by atoms with van der Waals surface area (Å²) < 4.78 is 38.6. The highest BCUT2D eigenvalue weighted by molar-refractivity contribution is 5.76. The molecule has 1 N–H and O–H groups in total. The third-order valence-electron chi connectivity index (χ3n) is 4.81. The Morgan fingerprint density at radius 3 is 2.50 bits per heavy atom. The number of hydrogen-bond acceptors (Lipinski definition) is 4. The lowest BCUT2D eigenvalue weighted by atomic mass is 10.1. The zero-order chi connectivity index (χ0) is 17.3. The molecule has 1 amide bonds. The fourth-order valence-corrected chi connectivity index (χ4v) is 3.49. The second kappa shape index (κ2) is 6.72. The number of piperazine rings is 1. The maximum absolute atomic E-state index is 12.5. The van der Waals surface area contributed by atoms with Gasteiger partial charge in [-0.1, -0.05) is 0 Å². The van der Waals surface area contributed by atoms with Crippen molar-refractivity contribution in [2.24, 2.45) is 0 Å². The lowest BCUT2D eigenvalue weighted by Gasteiger charge is -2.39. The summed E-state index contributed by atoms with van der Waals surface area (Å²) in [6.45, 7) is 2.22. The van der Waals surface area contributed by atoms with Crippen molar-refractivity contribution in [1.29, 1.82) is 0 Å². The molecule has 1 aromatic heterocycles. The molecule has 1 aliphatic heterocycles. The van der Waals surface area contributed by atoms with Crippen LogP contribution in [0.25, 0.3) is 0 Å². The van der Waals surface area contributed by atoms with Crippen molar-refractivity contribution in [2.45, 2.75) is 44.1 Å². The highest BCUT2D eigenvalue weighted by atomic mass is 19.4. The number of aliphatic hydroxyl groups is 1. The highest BCUT2D eigenvalue weighted by Crippen LogP contribution is 2.27. The average Bonchev–Trinajstić information content (AvgIpc) is 3.16. The molecule has 0 bridgehead atoms. The summed E-state index contributed by atoms with van der Waals surface area (Å²) in [7, 11) is 0. The normalized spacial score (nSPS) is 26.1. The number of aromatic nitrogens is 2. The first-order valence-electron chi connectivity index (χ1n) is 8.15. The molecule has 2 fully saturated rings. The van der Waals surface area contributed by atoms with Gasteiger partial charge < -0.3 is 10.0 Å². The fraction of sp³-hybridized carbons (Fsp3) is 0.733. The van der Waals surface area contributed by atoms with Crippen molar-refractivity contribution < 1.29 is 23.1 Å². The summed E-state index contributed by atoms with van der Waals surface area (Å²) in [5.41, 5.74) is -0.990. The van der Waals surface area contributed by atoms with E-state index in [1.807, 2.05) is 0 Å². The van der Waals surface area contributed by atoms with E-state index in [9.17, 15) is 23.1 Å². The molecule has 1 saturated heterocycles. The third kappa shape index (κ3) is 3.72. The summed E-state index contributed by atoms with van der Waals surface area (Å²) in [4.78, 5) is 16.1. The van der Waals surface area contributed by atoms with Crippen LogP contribution in [0.2, 0.25) is 0 Å². The first-order valence-corrected chi connectivity index (χ1v) is 8.15. The number of carbonyl (C=O) groups is 1. The number of amides is 1. The Balaban J connectivity index is 1.51. The SMILES string of the molecule is O=C(Cn1ccc(C(F)(F)F)n1)N1CCN(C2CCCC2O)CC1. The predicted octanol–water partition coefficient (Wildman–Crippen LogP) is 0.960. The number of nitrogens with zero attached hydrogens (tertiary/aromatic N) is 4. The average molecular weight is 346 g/mol. The van der Waals surface area contributed by atoms with Crippen LogP contribution in [0.1, 0.15) is 25.0 Å². The van der Waals surface area contributed by atoms with Gasteiger partial charge in [0.2, 0.25) is 5.91 Å². The number of rotatable bonds is 3. The lowest BCUT2D eigenvalue weighted by molar-refractivity contribution is -0.142. The number of carbonyl (C=O) groups excluding carboxylic acids is 1. The van der Waals surface area contributed by atoms with E-state index in [0.29, 0.717) is 26.2 Å². The zero-order valence-electron chi connectivity index (χ0n) is 13.2. The first kappa shape index (κ1) is 17.2. The van der Waals surface area contributed by atoms with Gasteiger partial charge in [-0.2, -0.15) is 18.3 Å². The van der Waals surface area contributed by atoms with Gasteiger partial charge in [-0.15, -0.1) is 0 Å². The predicted molar refractivity (Wildman–Crippen MR) is 79.0 cm³/mol. The van der Waals surface area contributed by atoms with Gasteiger partial charge in [0.15, 0.2) is 5.69 Å². The molecule has 9 heteroatoms. The molecule has 1 aliphatic carbocycles. The molecule has 3 rings (SSSR count). The van der Waals surface area contributed by atoms with Crippen molar-refractivity contribution in [2.75, 3.05) is 26.2 Å². The minimum absolute atomic E-state index is 0.169. The molecule has 2 aliphatic rings. The molecular weight excluding hydrogens is 325 g/mol. The number of aliphatic hydroxyl groups excluding tert-OH is 1. The molecule has 2 unspecified atom stereocenters. The minimum atomic E-state index is -4.50. The molecule has 1 aromatic rings. The van der Waals surface area contributed by atoms with E-state index < -0.39 is 11.9 Å². The van der Waals surface area contributed by atoms with E-state index in [0.717, 1.165) is 30.0 Å². The van der Waals surface area contributed by atoms with Gasteiger partial charge in [0, 0.05) is 38.4 Å². The van der Waals surface area contributed by atoms with E-state index in [-0.39, 0.29) is 24.6 Å². The van der Waals surface area contributed by atoms with Crippen LogP contribution in [-0.2, 0) is 17.5 Å². The second-order valence-electron chi connectivity index (χ2n) is 6.38. The summed E-state index contributed by atoms with van der Waals surface area (Å²) in [6, 6.07) is 1.04. The Bertz CT molecular complexity index is 582. The number of hydrogen-bond donors (Lipinski definition) is 1. The number of alkyl halides is 3. The zero-order valence-corrected chi connectivity index (χ0v) is 13.2. The maximum Gasteiger partial charge on any atom is 0.435 e. The van der Waals surface area contributed by atoms with Gasteiger partial charge in [0.05, 0.1) is 6.10 Å². The summed E-state index contributed by atoms with van der Waals surface area (Å²) in [6.07, 6.45) is -0.801. The van der Waals surface area contributed by atoms with Gasteiger partial charge in [-0.25, -0.2) is 0 Å². The second-order valence-corrected chi connectivity index (χ2v) is 6.38. The summed E-state index contributed by atoms with van der Waals surface area (Å²) in [5.74, 6) is -0.238. The van der Waals surface area contributed by atoms with Gasteiger partial charge >= 0.3 is 6.18 Å². The monoisotopic (exact) mass is 346 g/mol. The van der Waals surface area contributed by atoms with Crippen LogP contribution in [0.3, 0.4) is 0 Å². The van der Waals surface area contributed by atoms with Crippen LogP contribution in [0.4, 0.5) is 13.2 Å². The summed E-state index contributed by atoms with van der Waals surface area (Å²) >= 11 is 0. The van der Waals surface area contributed by atoms with Gasteiger partial charge in [0.25, 0.3) is 0 Å². The molecule has 2 heterocycles. The van der Waals surface area contributed by atoms with E-state index in [4.69, 9.17) is 0 Å². The van der Waals surface area contributed by atoms with Crippen molar-refractivity contribution in [3.05, 3.63) is 18.0 Å². The van der Waals surface area contributed by atoms with Gasteiger partial charge in [0.1, 0.15) is 6.54 Å². The van der Waals surface area contributed by atoms with E-state index in [1.165, 1.54) is 6.20 Å².